The second-order valence-corrected chi connectivity index (χ2v) is 6.51. The second-order valence-electron chi connectivity index (χ2n) is 6.51. The van der Waals surface area contributed by atoms with Crippen molar-refractivity contribution < 1.29 is 4.79 Å². The summed E-state index contributed by atoms with van der Waals surface area (Å²) in [6.07, 6.45) is 3.89. The lowest BCUT2D eigenvalue weighted by Crippen LogP contribution is -2.43. The van der Waals surface area contributed by atoms with Crippen molar-refractivity contribution in [1.82, 2.24) is 4.90 Å². The van der Waals surface area contributed by atoms with Gasteiger partial charge in [-0.05, 0) is 43.6 Å². The van der Waals surface area contributed by atoms with Crippen molar-refractivity contribution in [3.8, 4) is 0 Å². The van der Waals surface area contributed by atoms with Crippen LogP contribution in [0.2, 0.25) is 0 Å². The SMILES string of the molecule is CCN(CC(C)(C)CN)C(=O)C1C2CCCC21. The summed E-state index contributed by atoms with van der Waals surface area (Å²) >= 11 is 0. The van der Waals surface area contributed by atoms with Gasteiger partial charge in [0, 0.05) is 19.0 Å². The van der Waals surface area contributed by atoms with Gasteiger partial charge in [0.05, 0.1) is 0 Å². The molecule has 0 saturated heterocycles. The van der Waals surface area contributed by atoms with E-state index in [0.717, 1.165) is 24.9 Å². The number of nitrogens with zero attached hydrogens (tertiary/aromatic N) is 1. The van der Waals surface area contributed by atoms with Crippen LogP contribution >= 0.6 is 0 Å². The van der Waals surface area contributed by atoms with Crippen molar-refractivity contribution in [2.45, 2.75) is 40.0 Å². The second kappa shape index (κ2) is 4.60. The monoisotopic (exact) mass is 238 g/mol. The third-order valence-corrected chi connectivity index (χ3v) is 4.56. The molecule has 2 aliphatic carbocycles. The summed E-state index contributed by atoms with van der Waals surface area (Å²) in [6.45, 7) is 8.59. The normalized spacial score (nSPS) is 31.2. The van der Waals surface area contributed by atoms with E-state index >= 15 is 0 Å². The van der Waals surface area contributed by atoms with Crippen molar-refractivity contribution in [3.63, 3.8) is 0 Å². The van der Waals surface area contributed by atoms with Gasteiger partial charge in [-0.1, -0.05) is 20.3 Å². The summed E-state index contributed by atoms with van der Waals surface area (Å²) in [7, 11) is 0. The Morgan fingerprint density at radius 1 is 1.35 bits per heavy atom. The van der Waals surface area contributed by atoms with Gasteiger partial charge in [-0.2, -0.15) is 0 Å². The molecule has 2 unspecified atom stereocenters. The first kappa shape index (κ1) is 12.9. The molecule has 0 heterocycles. The number of nitrogens with two attached hydrogens (primary N) is 1. The highest BCUT2D eigenvalue weighted by Crippen LogP contribution is 2.58. The Bertz CT molecular complexity index is 291. The number of hydrogen-bond acceptors (Lipinski definition) is 2. The molecule has 2 rings (SSSR count). The van der Waals surface area contributed by atoms with Gasteiger partial charge in [-0.15, -0.1) is 0 Å². The molecule has 0 aromatic carbocycles. The topological polar surface area (TPSA) is 46.3 Å². The maximum absolute atomic E-state index is 12.4. The lowest BCUT2D eigenvalue weighted by atomic mass is 9.92. The Balaban J connectivity index is 1.92. The molecule has 0 bridgehead atoms. The highest BCUT2D eigenvalue weighted by Gasteiger charge is 2.57. The summed E-state index contributed by atoms with van der Waals surface area (Å²) in [4.78, 5) is 14.5. The van der Waals surface area contributed by atoms with Gasteiger partial charge in [0.1, 0.15) is 0 Å². The molecule has 2 fully saturated rings. The van der Waals surface area contributed by atoms with Gasteiger partial charge < -0.3 is 10.6 Å². The maximum Gasteiger partial charge on any atom is 0.226 e. The predicted molar refractivity (Wildman–Crippen MR) is 69.4 cm³/mol. The van der Waals surface area contributed by atoms with E-state index in [9.17, 15) is 4.79 Å². The standard InChI is InChI=1S/C14H26N2O/c1-4-16(9-14(2,3)8-15)13(17)12-10-6-5-7-11(10)12/h10-12H,4-9,15H2,1-3H3. The number of rotatable bonds is 5. The molecule has 0 radical (unpaired) electrons. The molecule has 0 aromatic rings. The first-order valence-corrected chi connectivity index (χ1v) is 6.99. The highest BCUT2D eigenvalue weighted by atomic mass is 16.2. The van der Waals surface area contributed by atoms with Crippen molar-refractivity contribution in [3.05, 3.63) is 0 Å². The zero-order valence-electron chi connectivity index (χ0n) is 11.4. The highest BCUT2D eigenvalue weighted by molar-refractivity contribution is 5.82. The van der Waals surface area contributed by atoms with Gasteiger partial charge in [-0.3, -0.25) is 4.79 Å². The minimum absolute atomic E-state index is 0.0374. The molecule has 2 aliphatic rings. The average molecular weight is 238 g/mol. The fourth-order valence-corrected chi connectivity index (χ4v) is 3.33. The zero-order chi connectivity index (χ0) is 12.6. The average Bonchev–Trinajstić information content (AvgIpc) is 2.78. The fourth-order valence-electron chi connectivity index (χ4n) is 3.33. The summed E-state index contributed by atoms with van der Waals surface area (Å²) in [5.41, 5.74) is 5.79. The van der Waals surface area contributed by atoms with E-state index in [4.69, 9.17) is 5.73 Å². The predicted octanol–water partition coefficient (Wildman–Crippen LogP) is 1.87. The van der Waals surface area contributed by atoms with Crippen LogP contribution in [-0.2, 0) is 4.79 Å². The first-order valence-electron chi connectivity index (χ1n) is 6.99. The number of fused-ring (bicyclic) bond motifs is 1. The Labute approximate surface area is 105 Å². The molecule has 3 heteroatoms. The summed E-state index contributed by atoms with van der Waals surface area (Å²) < 4.78 is 0. The van der Waals surface area contributed by atoms with E-state index in [0.29, 0.717) is 18.4 Å². The minimum atomic E-state index is 0.0374. The van der Waals surface area contributed by atoms with Crippen LogP contribution in [0.15, 0.2) is 0 Å². The Hall–Kier alpha value is -0.570. The molecule has 0 spiro atoms. The molecule has 1 amide bonds. The van der Waals surface area contributed by atoms with E-state index in [1.807, 2.05) is 4.90 Å². The van der Waals surface area contributed by atoms with Gasteiger partial charge in [0.25, 0.3) is 0 Å². The van der Waals surface area contributed by atoms with Crippen molar-refractivity contribution >= 4 is 5.91 Å². The van der Waals surface area contributed by atoms with Crippen molar-refractivity contribution in [2.75, 3.05) is 19.6 Å². The lowest BCUT2D eigenvalue weighted by Gasteiger charge is -2.31. The van der Waals surface area contributed by atoms with Crippen LogP contribution in [0.3, 0.4) is 0 Å². The molecule has 3 nitrogen and oxygen atoms in total. The van der Waals surface area contributed by atoms with Crippen LogP contribution in [-0.4, -0.2) is 30.4 Å². The molecule has 2 atom stereocenters. The molecular formula is C14H26N2O. The third kappa shape index (κ3) is 2.49. The van der Waals surface area contributed by atoms with E-state index in [1.165, 1.54) is 19.3 Å². The van der Waals surface area contributed by atoms with Crippen LogP contribution in [0, 0.1) is 23.2 Å². The van der Waals surface area contributed by atoms with Crippen LogP contribution in [0.5, 0.6) is 0 Å². The summed E-state index contributed by atoms with van der Waals surface area (Å²) in [5, 5.41) is 0. The fraction of sp³-hybridized carbons (Fsp3) is 0.929. The van der Waals surface area contributed by atoms with Gasteiger partial charge in [0.2, 0.25) is 5.91 Å². The lowest BCUT2D eigenvalue weighted by molar-refractivity contribution is -0.134. The van der Waals surface area contributed by atoms with E-state index in [1.54, 1.807) is 0 Å². The van der Waals surface area contributed by atoms with Crippen molar-refractivity contribution in [2.24, 2.45) is 28.9 Å². The van der Waals surface area contributed by atoms with Crippen LogP contribution in [0.25, 0.3) is 0 Å². The largest absolute Gasteiger partial charge is 0.342 e. The Kier molecular flexibility index (Phi) is 3.48. The van der Waals surface area contributed by atoms with E-state index in [-0.39, 0.29) is 5.41 Å². The van der Waals surface area contributed by atoms with Crippen LogP contribution < -0.4 is 5.73 Å². The molecule has 17 heavy (non-hydrogen) atoms. The minimum Gasteiger partial charge on any atom is -0.342 e. The first-order chi connectivity index (χ1) is 8.00. The molecule has 0 aliphatic heterocycles. The maximum atomic E-state index is 12.4. The molecular weight excluding hydrogens is 212 g/mol. The summed E-state index contributed by atoms with van der Waals surface area (Å²) in [6, 6.07) is 0. The van der Waals surface area contributed by atoms with Gasteiger partial charge >= 0.3 is 0 Å². The van der Waals surface area contributed by atoms with Gasteiger partial charge in [0.15, 0.2) is 0 Å². The Morgan fingerprint density at radius 3 is 2.41 bits per heavy atom. The molecule has 0 aromatic heterocycles. The van der Waals surface area contributed by atoms with Crippen LogP contribution in [0.4, 0.5) is 0 Å². The smallest absolute Gasteiger partial charge is 0.226 e. The number of amides is 1. The van der Waals surface area contributed by atoms with Crippen LogP contribution in [0.1, 0.15) is 40.0 Å². The molecule has 2 saturated carbocycles. The molecule has 2 N–H and O–H groups in total. The third-order valence-electron chi connectivity index (χ3n) is 4.56. The zero-order valence-corrected chi connectivity index (χ0v) is 11.4. The van der Waals surface area contributed by atoms with E-state index in [2.05, 4.69) is 20.8 Å². The Morgan fingerprint density at radius 2 is 1.94 bits per heavy atom. The van der Waals surface area contributed by atoms with Crippen molar-refractivity contribution in [1.29, 1.82) is 0 Å². The summed E-state index contributed by atoms with van der Waals surface area (Å²) in [5.74, 6) is 2.19. The number of carbonyl (C=O) groups is 1. The molecule has 98 valence electrons. The number of hydrogen-bond donors (Lipinski definition) is 1. The quantitative estimate of drug-likeness (QED) is 0.794. The number of carbonyl (C=O) groups excluding carboxylic acids is 1. The van der Waals surface area contributed by atoms with E-state index < -0.39 is 0 Å². The van der Waals surface area contributed by atoms with Gasteiger partial charge in [-0.25, -0.2) is 0 Å².